The maximum Gasteiger partial charge on any atom is 0.331 e. The first-order chi connectivity index (χ1) is 6.83. The molecule has 3 heteroatoms. The summed E-state index contributed by atoms with van der Waals surface area (Å²) in [5, 5.41) is 3.91. The summed E-state index contributed by atoms with van der Waals surface area (Å²) in [6.45, 7) is 2.16. The Balaban J connectivity index is 2.43. The van der Waals surface area contributed by atoms with Crippen LogP contribution in [0.2, 0.25) is 0 Å². The van der Waals surface area contributed by atoms with Crippen LogP contribution in [0.1, 0.15) is 12.5 Å². The Labute approximate surface area is 87.2 Å². The van der Waals surface area contributed by atoms with Crippen LogP contribution in [0, 0.1) is 11.8 Å². The second-order valence-corrected chi connectivity index (χ2v) is 3.15. The van der Waals surface area contributed by atoms with E-state index >= 15 is 0 Å². The minimum atomic E-state index is -0.355. The summed E-state index contributed by atoms with van der Waals surface area (Å²) in [4.78, 5) is 10.8. The van der Waals surface area contributed by atoms with Gasteiger partial charge in [0, 0.05) is 17.0 Å². The minimum absolute atomic E-state index is 0.355. The van der Waals surface area contributed by atoms with E-state index in [9.17, 15) is 4.79 Å². The lowest BCUT2D eigenvalue weighted by atomic mass is 10.3. The van der Waals surface area contributed by atoms with Gasteiger partial charge in [-0.05, 0) is 24.4 Å². The molecule has 0 atom stereocenters. The molecule has 1 aromatic heterocycles. The molecule has 0 saturated heterocycles. The summed E-state index contributed by atoms with van der Waals surface area (Å²) < 4.78 is 4.69. The Bertz CT molecular complexity index is 366. The molecular formula is C11H10O2S. The number of carbonyl (C=O) groups is 1. The predicted molar refractivity (Wildman–Crippen MR) is 57.0 cm³/mol. The fraction of sp³-hybridized carbons (Fsp3) is 0.182. The van der Waals surface area contributed by atoms with Gasteiger partial charge in [0.15, 0.2) is 0 Å². The molecule has 1 heterocycles. The molecule has 0 N–H and O–H groups in total. The lowest BCUT2D eigenvalue weighted by molar-refractivity contribution is -0.137. The number of hydrogen-bond donors (Lipinski definition) is 0. The van der Waals surface area contributed by atoms with Crippen molar-refractivity contribution in [2.75, 3.05) is 6.61 Å². The zero-order valence-corrected chi connectivity index (χ0v) is 8.64. The summed E-state index contributed by atoms with van der Waals surface area (Å²) in [7, 11) is 0. The zero-order valence-electron chi connectivity index (χ0n) is 7.82. The zero-order chi connectivity index (χ0) is 10.2. The fourth-order valence-corrected chi connectivity index (χ4v) is 1.35. The molecule has 2 nitrogen and oxygen atoms in total. The van der Waals surface area contributed by atoms with Gasteiger partial charge >= 0.3 is 5.97 Å². The van der Waals surface area contributed by atoms with Gasteiger partial charge in [-0.2, -0.15) is 11.3 Å². The molecule has 0 aliphatic rings. The van der Waals surface area contributed by atoms with Gasteiger partial charge in [-0.3, -0.25) is 0 Å². The smallest absolute Gasteiger partial charge is 0.331 e. The molecule has 0 fully saturated rings. The second kappa shape index (κ2) is 6.01. The van der Waals surface area contributed by atoms with Gasteiger partial charge < -0.3 is 4.74 Å². The highest BCUT2D eigenvalue weighted by Gasteiger charge is 1.90. The molecule has 72 valence electrons. The van der Waals surface area contributed by atoms with Crippen molar-refractivity contribution in [3.63, 3.8) is 0 Å². The predicted octanol–water partition coefficient (Wildman–Crippen LogP) is 2.22. The van der Waals surface area contributed by atoms with Crippen molar-refractivity contribution < 1.29 is 9.53 Å². The first kappa shape index (κ1) is 10.6. The Morgan fingerprint density at radius 1 is 1.71 bits per heavy atom. The van der Waals surface area contributed by atoms with Gasteiger partial charge in [-0.25, -0.2) is 4.79 Å². The van der Waals surface area contributed by atoms with E-state index in [2.05, 4.69) is 16.6 Å². The second-order valence-electron chi connectivity index (χ2n) is 2.37. The summed E-state index contributed by atoms with van der Waals surface area (Å²) in [5.41, 5.74) is 0.962. The first-order valence-electron chi connectivity index (χ1n) is 4.20. The third kappa shape index (κ3) is 3.92. The van der Waals surface area contributed by atoms with Crippen LogP contribution in [0.3, 0.4) is 0 Å². The maximum absolute atomic E-state index is 10.8. The molecule has 0 radical (unpaired) electrons. The Morgan fingerprint density at radius 3 is 3.21 bits per heavy atom. The number of esters is 1. The molecule has 0 saturated carbocycles. The summed E-state index contributed by atoms with van der Waals surface area (Å²) in [6.07, 6.45) is 2.82. The normalized spacial score (nSPS) is 9.50. The van der Waals surface area contributed by atoms with Crippen molar-refractivity contribution in [3.05, 3.63) is 34.5 Å². The minimum Gasteiger partial charge on any atom is -0.463 e. The molecule has 0 aliphatic carbocycles. The van der Waals surface area contributed by atoms with Gasteiger partial charge in [0.1, 0.15) is 0 Å². The van der Waals surface area contributed by atoms with E-state index in [0.29, 0.717) is 6.61 Å². The highest BCUT2D eigenvalue weighted by molar-refractivity contribution is 7.08. The molecular weight excluding hydrogens is 196 g/mol. The van der Waals surface area contributed by atoms with E-state index in [1.54, 1.807) is 18.3 Å². The van der Waals surface area contributed by atoms with Crippen LogP contribution >= 0.6 is 11.3 Å². The molecule has 0 spiro atoms. The van der Waals surface area contributed by atoms with Crippen LogP contribution < -0.4 is 0 Å². The number of carbonyl (C=O) groups excluding carboxylic acids is 1. The Morgan fingerprint density at radius 2 is 2.57 bits per heavy atom. The Hall–Kier alpha value is -1.53. The Kier molecular flexibility index (Phi) is 4.53. The summed E-state index contributed by atoms with van der Waals surface area (Å²) >= 11 is 1.59. The quantitative estimate of drug-likeness (QED) is 0.421. The largest absolute Gasteiger partial charge is 0.463 e. The van der Waals surface area contributed by atoms with Crippen molar-refractivity contribution in [2.24, 2.45) is 0 Å². The highest BCUT2D eigenvalue weighted by Crippen LogP contribution is 2.02. The van der Waals surface area contributed by atoms with Crippen LogP contribution in [0.25, 0.3) is 0 Å². The third-order valence-electron chi connectivity index (χ3n) is 1.33. The van der Waals surface area contributed by atoms with Crippen LogP contribution in [0.5, 0.6) is 0 Å². The number of thiophene rings is 1. The maximum atomic E-state index is 10.8. The SMILES string of the molecule is CCOC(=O)C=CC#Cc1ccsc1. The molecule has 1 rings (SSSR count). The van der Waals surface area contributed by atoms with Crippen molar-refractivity contribution in [3.8, 4) is 11.8 Å². The monoisotopic (exact) mass is 206 g/mol. The van der Waals surface area contributed by atoms with Gasteiger partial charge in [-0.15, -0.1) is 0 Å². The number of allylic oxidation sites excluding steroid dienone is 1. The molecule has 0 bridgehead atoms. The van der Waals surface area contributed by atoms with Crippen molar-refractivity contribution >= 4 is 17.3 Å². The molecule has 0 amide bonds. The van der Waals surface area contributed by atoms with Crippen molar-refractivity contribution in [2.45, 2.75) is 6.92 Å². The van der Waals surface area contributed by atoms with E-state index in [-0.39, 0.29) is 5.97 Å². The van der Waals surface area contributed by atoms with Crippen LogP contribution in [0.15, 0.2) is 29.0 Å². The molecule has 0 aromatic carbocycles. The van der Waals surface area contributed by atoms with Crippen molar-refractivity contribution in [1.82, 2.24) is 0 Å². The topological polar surface area (TPSA) is 26.3 Å². The fourth-order valence-electron chi connectivity index (χ4n) is 0.761. The highest BCUT2D eigenvalue weighted by atomic mass is 32.1. The van der Waals surface area contributed by atoms with Gasteiger partial charge in [0.2, 0.25) is 0 Å². The standard InChI is InChI=1S/C11H10O2S/c1-2-13-11(12)6-4-3-5-10-7-8-14-9-10/h4,6-9H,2H2,1H3. The molecule has 0 aliphatic heterocycles. The van der Waals surface area contributed by atoms with E-state index in [1.807, 2.05) is 16.8 Å². The average Bonchev–Trinajstić information content (AvgIpc) is 2.65. The van der Waals surface area contributed by atoms with Crippen LogP contribution in [-0.2, 0) is 9.53 Å². The molecule has 1 aromatic rings. The van der Waals surface area contributed by atoms with Gasteiger partial charge in [-0.1, -0.05) is 11.8 Å². The molecule has 14 heavy (non-hydrogen) atoms. The van der Waals surface area contributed by atoms with E-state index in [4.69, 9.17) is 0 Å². The lowest BCUT2D eigenvalue weighted by Gasteiger charge is -1.91. The van der Waals surface area contributed by atoms with Crippen LogP contribution in [0.4, 0.5) is 0 Å². The number of ether oxygens (including phenoxy) is 1. The lowest BCUT2D eigenvalue weighted by Crippen LogP contribution is -1.98. The van der Waals surface area contributed by atoms with E-state index < -0.39 is 0 Å². The first-order valence-corrected chi connectivity index (χ1v) is 5.14. The van der Waals surface area contributed by atoms with E-state index in [1.165, 1.54) is 12.2 Å². The van der Waals surface area contributed by atoms with Gasteiger partial charge in [0.25, 0.3) is 0 Å². The van der Waals surface area contributed by atoms with Crippen LogP contribution in [-0.4, -0.2) is 12.6 Å². The molecule has 0 unspecified atom stereocenters. The summed E-state index contributed by atoms with van der Waals surface area (Å²) in [5.74, 6) is 5.29. The third-order valence-corrected chi connectivity index (χ3v) is 2.01. The summed E-state index contributed by atoms with van der Waals surface area (Å²) in [6, 6.07) is 1.93. The van der Waals surface area contributed by atoms with E-state index in [0.717, 1.165) is 5.56 Å². The number of hydrogen-bond acceptors (Lipinski definition) is 3. The van der Waals surface area contributed by atoms with Crippen molar-refractivity contribution in [1.29, 1.82) is 0 Å². The number of rotatable bonds is 2. The average molecular weight is 206 g/mol. The van der Waals surface area contributed by atoms with Gasteiger partial charge in [0.05, 0.1) is 6.61 Å².